The number of ether oxygens (including phenoxy) is 2. The first-order chi connectivity index (χ1) is 15.9. The molecular formula is C25H22Cl2N4O2. The lowest BCUT2D eigenvalue weighted by atomic mass is 10.0. The maximum Gasteiger partial charge on any atom is 0.163 e. The Hall–Kier alpha value is -2.51. The molecule has 3 aromatic heterocycles. The normalized spacial score (nSPS) is 26.5. The summed E-state index contributed by atoms with van der Waals surface area (Å²) in [4.78, 5) is 13.0. The van der Waals surface area contributed by atoms with E-state index in [2.05, 4.69) is 43.8 Å². The van der Waals surface area contributed by atoms with E-state index in [1.807, 2.05) is 38.2 Å². The van der Waals surface area contributed by atoms with E-state index in [0.717, 1.165) is 33.9 Å². The van der Waals surface area contributed by atoms with Gasteiger partial charge in [-0.25, -0.2) is 9.97 Å². The molecule has 8 heteroatoms. The van der Waals surface area contributed by atoms with Crippen molar-refractivity contribution in [3.63, 3.8) is 0 Å². The zero-order valence-electron chi connectivity index (χ0n) is 18.2. The van der Waals surface area contributed by atoms with Crippen LogP contribution in [0, 0.1) is 5.92 Å². The third kappa shape index (κ3) is 3.71. The molecule has 0 N–H and O–H groups in total. The van der Waals surface area contributed by atoms with Gasteiger partial charge in [-0.3, -0.25) is 4.98 Å². The summed E-state index contributed by atoms with van der Waals surface area (Å²) in [7, 11) is 0. The fourth-order valence-corrected chi connectivity index (χ4v) is 5.47. The van der Waals surface area contributed by atoms with Crippen LogP contribution in [0.25, 0.3) is 28.0 Å². The molecule has 1 aliphatic carbocycles. The smallest absolute Gasteiger partial charge is 0.163 e. The zero-order chi connectivity index (χ0) is 22.7. The highest BCUT2D eigenvalue weighted by atomic mass is 35.5. The molecule has 4 atom stereocenters. The van der Waals surface area contributed by atoms with Crippen LogP contribution in [0.15, 0.2) is 55.1 Å². The Labute approximate surface area is 201 Å². The highest BCUT2D eigenvalue weighted by Gasteiger charge is 2.54. The van der Waals surface area contributed by atoms with Gasteiger partial charge in [-0.1, -0.05) is 47.5 Å². The maximum absolute atomic E-state index is 6.36. The summed E-state index contributed by atoms with van der Waals surface area (Å²) >= 11 is 12.3. The van der Waals surface area contributed by atoms with Crippen LogP contribution < -0.4 is 0 Å². The fraction of sp³-hybridized carbons (Fsp3) is 0.320. The Bertz CT molecular complexity index is 1400. The number of halogens is 2. The van der Waals surface area contributed by atoms with Gasteiger partial charge in [-0.05, 0) is 44.0 Å². The van der Waals surface area contributed by atoms with E-state index in [1.165, 1.54) is 6.33 Å². The highest BCUT2D eigenvalue weighted by molar-refractivity contribution is 6.33. The third-order valence-electron chi connectivity index (χ3n) is 6.51. The molecule has 1 saturated carbocycles. The van der Waals surface area contributed by atoms with Crippen molar-refractivity contribution in [3.8, 4) is 0 Å². The van der Waals surface area contributed by atoms with Crippen LogP contribution in [0.3, 0.4) is 0 Å². The Kier molecular flexibility index (Phi) is 4.96. The standard InChI is InChI=1S/C25H22Cl2N4O2/c1-25(2)32-21-16(6-4-14-3-5-15-10-17(26)12-28-19(15)9-14)11-20(22(21)33-25)31-8-7-18-23(27)29-13-30-24(18)31/h3-10,12-13,16,20-22H,11H2,1-2H3/b6-4+/t16-,20+,21+,22-/m0/s1. The van der Waals surface area contributed by atoms with Gasteiger partial charge in [-0.15, -0.1) is 0 Å². The minimum atomic E-state index is -0.637. The second kappa shape index (κ2) is 7.77. The average molecular weight is 481 g/mol. The number of pyridine rings is 1. The van der Waals surface area contributed by atoms with Crippen molar-refractivity contribution in [1.29, 1.82) is 0 Å². The number of fused-ring (bicyclic) bond motifs is 3. The number of nitrogens with zero attached hydrogens (tertiary/aromatic N) is 4. The predicted molar refractivity (Wildman–Crippen MR) is 129 cm³/mol. The van der Waals surface area contributed by atoms with E-state index in [1.54, 1.807) is 6.20 Å². The summed E-state index contributed by atoms with van der Waals surface area (Å²) in [5, 5.41) is 2.96. The number of aromatic nitrogens is 4. The molecule has 4 aromatic rings. The number of hydrogen-bond donors (Lipinski definition) is 0. The van der Waals surface area contributed by atoms with E-state index < -0.39 is 5.79 Å². The first-order valence-corrected chi connectivity index (χ1v) is 11.7. The molecule has 0 unspecified atom stereocenters. The summed E-state index contributed by atoms with van der Waals surface area (Å²) < 4.78 is 14.9. The highest BCUT2D eigenvalue weighted by Crippen LogP contribution is 2.48. The lowest BCUT2D eigenvalue weighted by molar-refractivity contribution is -0.158. The van der Waals surface area contributed by atoms with Gasteiger partial charge >= 0.3 is 0 Å². The van der Waals surface area contributed by atoms with Gasteiger partial charge in [0.1, 0.15) is 23.2 Å². The summed E-state index contributed by atoms with van der Waals surface area (Å²) in [6.07, 6.45) is 10.3. The number of hydrogen-bond acceptors (Lipinski definition) is 5. The molecule has 1 aromatic carbocycles. The Balaban J connectivity index is 1.33. The Morgan fingerprint density at radius 1 is 1.06 bits per heavy atom. The minimum Gasteiger partial charge on any atom is -0.344 e. The molecule has 1 aliphatic heterocycles. The van der Waals surface area contributed by atoms with Crippen molar-refractivity contribution < 1.29 is 9.47 Å². The summed E-state index contributed by atoms with van der Waals surface area (Å²) in [6.45, 7) is 3.94. The SMILES string of the molecule is CC1(C)O[C@@H]2[C@H](O1)[C@@H](/C=C/c1ccc3cc(Cl)cnc3c1)C[C@H]2n1ccc2c(Cl)ncnc21. The molecule has 2 fully saturated rings. The lowest BCUT2D eigenvalue weighted by Gasteiger charge is -2.24. The van der Waals surface area contributed by atoms with E-state index in [9.17, 15) is 0 Å². The van der Waals surface area contributed by atoms with Crippen molar-refractivity contribution >= 4 is 51.2 Å². The first-order valence-electron chi connectivity index (χ1n) is 10.9. The van der Waals surface area contributed by atoms with E-state index in [-0.39, 0.29) is 24.2 Å². The van der Waals surface area contributed by atoms with E-state index in [4.69, 9.17) is 32.7 Å². The van der Waals surface area contributed by atoms with Crippen LogP contribution in [0.1, 0.15) is 31.9 Å². The van der Waals surface area contributed by atoms with E-state index >= 15 is 0 Å². The predicted octanol–water partition coefficient (Wildman–Crippen LogP) is 6.08. The van der Waals surface area contributed by atoms with Gasteiger partial charge in [0.25, 0.3) is 0 Å². The third-order valence-corrected chi connectivity index (χ3v) is 7.02. The fourth-order valence-electron chi connectivity index (χ4n) is 5.11. The molecule has 33 heavy (non-hydrogen) atoms. The topological polar surface area (TPSA) is 62.1 Å². The summed E-state index contributed by atoms with van der Waals surface area (Å²) in [5.74, 6) is -0.452. The number of benzene rings is 1. The number of rotatable bonds is 3. The van der Waals surface area contributed by atoms with Crippen LogP contribution in [-0.2, 0) is 9.47 Å². The summed E-state index contributed by atoms with van der Waals surface area (Å²) in [6, 6.07) is 10.2. The van der Waals surface area contributed by atoms with Crippen LogP contribution in [0.4, 0.5) is 0 Å². The molecule has 0 bridgehead atoms. The van der Waals surface area contributed by atoms with Crippen molar-refractivity contribution in [1.82, 2.24) is 19.5 Å². The lowest BCUT2D eigenvalue weighted by Crippen LogP contribution is -2.27. The second-order valence-electron chi connectivity index (χ2n) is 9.12. The van der Waals surface area contributed by atoms with Crippen molar-refractivity contribution in [2.75, 3.05) is 0 Å². The van der Waals surface area contributed by atoms with Crippen LogP contribution in [-0.4, -0.2) is 37.5 Å². The first kappa shape index (κ1) is 21.1. The minimum absolute atomic E-state index is 0.0478. The van der Waals surface area contributed by atoms with Crippen molar-refractivity contribution in [2.24, 2.45) is 5.92 Å². The van der Waals surface area contributed by atoms with E-state index in [0.29, 0.717) is 10.2 Å². The van der Waals surface area contributed by atoms with Gasteiger partial charge in [0.15, 0.2) is 5.79 Å². The molecule has 0 radical (unpaired) electrons. The van der Waals surface area contributed by atoms with Gasteiger partial charge < -0.3 is 14.0 Å². The molecule has 0 spiro atoms. The average Bonchev–Trinajstić information content (AvgIpc) is 3.44. The van der Waals surface area contributed by atoms with Gasteiger partial charge in [0.05, 0.1) is 28.1 Å². The Morgan fingerprint density at radius 3 is 2.79 bits per heavy atom. The maximum atomic E-state index is 6.36. The second-order valence-corrected chi connectivity index (χ2v) is 9.92. The van der Waals surface area contributed by atoms with Gasteiger partial charge in [0.2, 0.25) is 0 Å². The molecule has 168 valence electrons. The molecular weight excluding hydrogens is 459 g/mol. The van der Waals surface area contributed by atoms with Crippen LogP contribution in [0.2, 0.25) is 10.2 Å². The molecule has 1 saturated heterocycles. The van der Waals surface area contributed by atoms with Crippen molar-refractivity contribution in [3.05, 3.63) is 70.9 Å². The van der Waals surface area contributed by atoms with Crippen LogP contribution in [0.5, 0.6) is 0 Å². The monoisotopic (exact) mass is 480 g/mol. The Morgan fingerprint density at radius 2 is 1.91 bits per heavy atom. The molecule has 6 nitrogen and oxygen atoms in total. The molecule has 2 aliphatic rings. The van der Waals surface area contributed by atoms with Crippen LogP contribution >= 0.6 is 23.2 Å². The van der Waals surface area contributed by atoms with Crippen molar-refractivity contribution in [2.45, 2.75) is 44.3 Å². The van der Waals surface area contributed by atoms with Gasteiger partial charge in [-0.2, -0.15) is 0 Å². The molecule has 4 heterocycles. The zero-order valence-corrected chi connectivity index (χ0v) is 19.7. The largest absolute Gasteiger partial charge is 0.344 e. The molecule has 0 amide bonds. The van der Waals surface area contributed by atoms with Gasteiger partial charge in [0, 0.05) is 23.7 Å². The molecule has 6 rings (SSSR count). The summed E-state index contributed by atoms with van der Waals surface area (Å²) in [5.41, 5.74) is 2.82. The quantitative estimate of drug-likeness (QED) is 0.332.